The zero-order valence-electron chi connectivity index (χ0n) is 19.5. The van der Waals surface area contributed by atoms with Crippen LogP contribution in [-0.2, 0) is 6.42 Å². The molecule has 0 N–H and O–H groups in total. The van der Waals surface area contributed by atoms with Crippen molar-refractivity contribution in [1.29, 1.82) is 0 Å². The quantitative estimate of drug-likeness (QED) is 0.308. The van der Waals surface area contributed by atoms with Crippen LogP contribution in [-0.4, -0.2) is 19.5 Å². The Morgan fingerprint density at radius 3 is 2.19 bits per heavy atom. The van der Waals surface area contributed by atoms with Crippen molar-refractivity contribution in [3.05, 3.63) is 143 Å². The van der Waals surface area contributed by atoms with Crippen LogP contribution in [0.3, 0.4) is 0 Å². The van der Waals surface area contributed by atoms with Crippen molar-refractivity contribution in [3.8, 4) is 27.9 Å². The fourth-order valence-corrected chi connectivity index (χ4v) is 4.45. The summed E-state index contributed by atoms with van der Waals surface area (Å²) in [6.07, 6.45) is 5.57. The maximum absolute atomic E-state index is 13.7. The standard InChI is InChI=1S/C31H22N4O/c36-31-29(18-22-8-6-16-32-21-22)34-28-15-7-17-33-30(28)35(31)27-14-5-13-26(20-27)25-12-4-11-24(19-25)23-9-2-1-3-10-23/h1-17,19-21H,18H2. The third kappa shape index (κ3) is 4.18. The van der Waals surface area contributed by atoms with Gasteiger partial charge in [0.15, 0.2) is 5.65 Å². The third-order valence-electron chi connectivity index (χ3n) is 6.18. The molecule has 0 fully saturated rings. The second-order valence-electron chi connectivity index (χ2n) is 8.58. The number of pyridine rings is 2. The van der Waals surface area contributed by atoms with Crippen LogP contribution >= 0.6 is 0 Å². The molecule has 3 aromatic heterocycles. The van der Waals surface area contributed by atoms with Gasteiger partial charge in [-0.15, -0.1) is 0 Å². The summed E-state index contributed by atoms with van der Waals surface area (Å²) in [5, 5.41) is 0. The smallest absolute Gasteiger partial charge is 0.267 e. The number of benzene rings is 3. The van der Waals surface area contributed by atoms with Crippen LogP contribution in [0, 0.1) is 0 Å². The molecule has 0 aliphatic rings. The average Bonchev–Trinajstić information content (AvgIpc) is 2.95. The van der Waals surface area contributed by atoms with Gasteiger partial charge in [-0.3, -0.25) is 14.3 Å². The van der Waals surface area contributed by atoms with Crippen molar-refractivity contribution < 1.29 is 0 Å². The van der Waals surface area contributed by atoms with Gasteiger partial charge in [0.25, 0.3) is 5.56 Å². The Kier molecular flexibility index (Phi) is 5.64. The van der Waals surface area contributed by atoms with Gasteiger partial charge in [0.05, 0.1) is 5.69 Å². The molecular weight excluding hydrogens is 444 g/mol. The minimum Gasteiger partial charge on any atom is -0.267 e. The largest absolute Gasteiger partial charge is 0.278 e. The SMILES string of the molecule is O=c1c(Cc2cccnc2)nc2cccnc2n1-c1cccc(-c2cccc(-c3ccccc3)c2)c1. The summed E-state index contributed by atoms with van der Waals surface area (Å²) in [7, 11) is 0. The molecule has 3 heterocycles. The Balaban J connectivity index is 1.48. The second kappa shape index (κ2) is 9.39. The van der Waals surface area contributed by atoms with Crippen LogP contribution in [0.2, 0.25) is 0 Å². The molecule has 0 amide bonds. The van der Waals surface area contributed by atoms with Crippen LogP contribution in [0.15, 0.2) is 127 Å². The Bertz CT molecular complexity index is 1730. The number of nitrogens with zero attached hydrogens (tertiary/aromatic N) is 4. The number of rotatable bonds is 5. The molecule has 0 atom stereocenters. The first kappa shape index (κ1) is 21.6. The molecule has 0 aliphatic carbocycles. The Morgan fingerprint density at radius 1 is 0.667 bits per heavy atom. The lowest BCUT2D eigenvalue weighted by atomic mass is 9.99. The fourth-order valence-electron chi connectivity index (χ4n) is 4.45. The lowest BCUT2D eigenvalue weighted by molar-refractivity contribution is 0.925. The van der Waals surface area contributed by atoms with Crippen molar-refractivity contribution in [3.63, 3.8) is 0 Å². The molecule has 6 aromatic rings. The summed E-state index contributed by atoms with van der Waals surface area (Å²) in [5.41, 5.74) is 7.58. The maximum atomic E-state index is 13.7. The first-order valence-corrected chi connectivity index (χ1v) is 11.8. The molecule has 0 spiro atoms. The molecule has 0 bridgehead atoms. The van der Waals surface area contributed by atoms with E-state index in [-0.39, 0.29) is 5.56 Å². The highest BCUT2D eigenvalue weighted by Crippen LogP contribution is 2.28. The van der Waals surface area contributed by atoms with Crippen LogP contribution in [0.5, 0.6) is 0 Å². The predicted octanol–water partition coefficient (Wildman–Crippen LogP) is 6.10. The number of hydrogen-bond donors (Lipinski definition) is 0. The number of fused-ring (bicyclic) bond motifs is 1. The van der Waals surface area contributed by atoms with E-state index in [2.05, 4.69) is 57.4 Å². The summed E-state index contributed by atoms with van der Waals surface area (Å²) in [6.45, 7) is 0. The second-order valence-corrected chi connectivity index (χ2v) is 8.58. The highest BCUT2D eigenvalue weighted by atomic mass is 16.1. The Hall–Kier alpha value is -4.90. The summed E-state index contributed by atoms with van der Waals surface area (Å²) in [6, 6.07) is 34.3. The molecular formula is C31H22N4O. The fraction of sp³-hybridized carbons (Fsp3) is 0.0323. The number of hydrogen-bond acceptors (Lipinski definition) is 4. The van der Waals surface area contributed by atoms with Crippen molar-refractivity contribution in [1.82, 2.24) is 19.5 Å². The lowest BCUT2D eigenvalue weighted by Crippen LogP contribution is -2.25. The summed E-state index contributed by atoms with van der Waals surface area (Å²) >= 11 is 0. The van der Waals surface area contributed by atoms with Gasteiger partial charge in [-0.25, -0.2) is 9.97 Å². The first-order valence-electron chi connectivity index (χ1n) is 11.8. The summed E-state index contributed by atoms with van der Waals surface area (Å²) < 4.78 is 1.67. The average molecular weight is 467 g/mol. The topological polar surface area (TPSA) is 60.7 Å². The van der Waals surface area contributed by atoms with Gasteiger partial charge in [0.2, 0.25) is 0 Å². The molecule has 36 heavy (non-hydrogen) atoms. The molecule has 0 saturated heterocycles. The zero-order valence-corrected chi connectivity index (χ0v) is 19.5. The van der Waals surface area contributed by atoms with Gasteiger partial charge in [-0.2, -0.15) is 0 Å². The molecule has 5 heteroatoms. The van der Waals surface area contributed by atoms with E-state index in [1.54, 1.807) is 23.2 Å². The molecule has 5 nitrogen and oxygen atoms in total. The normalized spacial score (nSPS) is 11.0. The van der Waals surface area contributed by atoms with E-state index in [9.17, 15) is 4.79 Å². The maximum Gasteiger partial charge on any atom is 0.278 e. The van der Waals surface area contributed by atoms with Crippen molar-refractivity contribution in [2.75, 3.05) is 0 Å². The van der Waals surface area contributed by atoms with E-state index >= 15 is 0 Å². The predicted molar refractivity (Wildman–Crippen MR) is 143 cm³/mol. The molecule has 0 radical (unpaired) electrons. The lowest BCUT2D eigenvalue weighted by Gasteiger charge is -2.13. The van der Waals surface area contributed by atoms with E-state index in [4.69, 9.17) is 0 Å². The van der Waals surface area contributed by atoms with Gasteiger partial charge >= 0.3 is 0 Å². The Morgan fingerprint density at radius 2 is 1.39 bits per heavy atom. The highest BCUT2D eigenvalue weighted by molar-refractivity contribution is 5.76. The molecule has 172 valence electrons. The Labute approximate surface area is 208 Å². The van der Waals surface area contributed by atoms with E-state index in [0.717, 1.165) is 33.5 Å². The number of aromatic nitrogens is 4. The molecule has 0 aliphatic heterocycles. The van der Waals surface area contributed by atoms with Crippen molar-refractivity contribution >= 4 is 11.2 Å². The van der Waals surface area contributed by atoms with Gasteiger partial charge in [-0.05, 0) is 64.2 Å². The van der Waals surface area contributed by atoms with Crippen LogP contribution in [0.1, 0.15) is 11.3 Å². The van der Waals surface area contributed by atoms with Crippen molar-refractivity contribution in [2.45, 2.75) is 6.42 Å². The third-order valence-corrected chi connectivity index (χ3v) is 6.18. The minimum atomic E-state index is -0.180. The summed E-state index contributed by atoms with van der Waals surface area (Å²) in [5.74, 6) is 0. The first-order chi connectivity index (χ1) is 17.8. The zero-order chi connectivity index (χ0) is 24.3. The van der Waals surface area contributed by atoms with Gasteiger partial charge < -0.3 is 0 Å². The van der Waals surface area contributed by atoms with Crippen LogP contribution < -0.4 is 5.56 Å². The van der Waals surface area contributed by atoms with Gasteiger partial charge in [0, 0.05) is 25.0 Å². The van der Waals surface area contributed by atoms with E-state index < -0.39 is 0 Å². The van der Waals surface area contributed by atoms with Gasteiger partial charge in [0.1, 0.15) is 11.2 Å². The molecule has 0 unspecified atom stereocenters. The van der Waals surface area contributed by atoms with Crippen molar-refractivity contribution in [2.24, 2.45) is 0 Å². The monoisotopic (exact) mass is 466 g/mol. The highest BCUT2D eigenvalue weighted by Gasteiger charge is 2.15. The van der Waals surface area contributed by atoms with Crippen LogP contribution in [0.25, 0.3) is 39.1 Å². The molecule has 0 saturated carbocycles. The van der Waals surface area contributed by atoms with E-state index in [1.165, 1.54) is 0 Å². The van der Waals surface area contributed by atoms with E-state index in [1.807, 2.05) is 60.7 Å². The van der Waals surface area contributed by atoms with E-state index in [0.29, 0.717) is 23.3 Å². The molecule has 6 rings (SSSR count). The van der Waals surface area contributed by atoms with Gasteiger partial charge in [-0.1, -0.05) is 66.7 Å². The summed E-state index contributed by atoms with van der Waals surface area (Å²) in [4.78, 5) is 27.1. The minimum absolute atomic E-state index is 0.180. The molecule has 3 aromatic carbocycles. The van der Waals surface area contributed by atoms with Crippen LogP contribution in [0.4, 0.5) is 0 Å².